The van der Waals surface area contributed by atoms with Gasteiger partial charge in [-0.25, -0.2) is 24.3 Å². The highest BCUT2D eigenvalue weighted by Crippen LogP contribution is 2.45. The van der Waals surface area contributed by atoms with Gasteiger partial charge in [-0.05, 0) is 68.2 Å². The molecule has 1 N–H and O–H groups in total. The van der Waals surface area contributed by atoms with E-state index in [1.807, 2.05) is 26.1 Å². The van der Waals surface area contributed by atoms with Crippen molar-refractivity contribution in [3.8, 4) is 0 Å². The lowest BCUT2D eigenvalue weighted by Gasteiger charge is -2.38. The van der Waals surface area contributed by atoms with E-state index in [1.165, 1.54) is 25.0 Å². The average molecular weight is 460 g/mol. The summed E-state index contributed by atoms with van der Waals surface area (Å²) in [5.74, 6) is 5.45. The molecule has 0 radical (unpaired) electrons. The van der Waals surface area contributed by atoms with E-state index in [0.29, 0.717) is 17.8 Å². The highest BCUT2D eigenvalue weighted by molar-refractivity contribution is 5.71. The molecule has 3 aliphatic rings. The van der Waals surface area contributed by atoms with Gasteiger partial charge >= 0.3 is 0 Å². The van der Waals surface area contributed by atoms with Gasteiger partial charge < -0.3 is 15.1 Å². The standard InChI is InChI=1S/C26H30FN7/c1-16-11-24(30-15-29-16)33-13-17-3-4-18(14-33)22(17)12-23-31-25(28-2)21-9-10-34(26(21)32-23)20-7-5-19(27)6-8-20/h5-8,11,15,17-18,22H,3-4,9-10,12-14H2,1-2H3,(H,28,31,32). The number of hydrogen-bond donors (Lipinski definition) is 1. The molecular formula is C26H30FN7. The fourth-order valence-electron chi connectivity index (χ4n) is 6.15. The van der Waals surface area contributed by atoms with Gasteiger partial charge in [-0.3, -0.25) is 0 Å². The van der Waals surface area contributed by atoms with Crippen molar-refractivity contribution in [2.24, 2.45) is 17.8 Å². The quantitative estimate of drug-likeness (QED) is 0.614. The number of nitrogens with zero attached hydrogens (tertiary/aromatic N) is 6. The molecular weight excluding hydrogens is 429 g/mol. The first-order chi connectivity index (χ1) is 16.6. The topological polar surface area (TPSA) is 70.1 Å². The van der Waals surface area contributed by atoms with Gasteiger partial charge in [0.1, 0.15) is 35.4 Å². The van der Waals surface area contributed by atoms with Gasteiger partial charge in [0.15, 0.2) is 0 Å². The molecule has 2 bridgehead atoms. The summed E-state index contributed by atoms with van der Waals surface area (Å²) in [7, 11) is 1.93. The molecule has 2 atom stereocenters. The van der Waals surface area contributed by atoms with Crippen LogP contribution in [0.2, 0.25) is 0 Å². The highest BCUT2D eigenvalue weighted by atomic mass is 19.1. The largest absolute Gasteiger partial charge is 0.373 e. The van der Waals surface area contributed by atoms with Crippen LogP contribution in [0.1, 0.15) is 29.9 Å². The van der Waals surface area contributed by atoms with Crippen molar-refractivity contribution in [1.82, 2.24) is 19.9 Å². The summed E-state index contributed by atoms with van der Waals surface area (Å²) in [4.78, 5) is 23.4. The van der Waals surface area contributed by atoms with Gasteiger partial charge in [-0.1, -0.05) is 0 Å². The predicted octanol–water partition coefficient (Wildman–Crippen LogP) is 4.16. The second-order valence-electron chi connectivity index (χ2n) is 9.81. The van der Waals surface area contributed by atoms with Gasteiger partial charge in [0.2, 0.25) is 0 Å². The van der Waals surface area contributed by atoms with Crippen molar-refractivity contribution < 1.29 is 4.39 Å². The van der Waals surface area contributed by atoms with E-state index in [4.69, 9.17) is 9.97 Å². The molecule has 2 fully saturated rings. The summed E-state index contributed by atoms with van der Waals surface area (Å²) < 4.78 is 13.5. The van der Waals surface area contributed by atoms with Crippen molar-refractivity contribution in [1.29, 1.82) is 0 Å². The number of aryl methyl sites for hydroxylation is 1. The van der Waals surface area contributed by atoms with Gasteiger partial charge in [0.05, 0.1) is 0 Å². The Morgan fingerprint density at radius 1 is 1.06 bits per heavy atom. The second kappa shape index (κ2) is 8.49. The summed E-state index contributed by atoms with van der Waals surface area (Å²) in [5.41, 5.74) is 3.13. The molecule has 2 aromatic heterocycles. The van der Waals surface area contributed by atoms with Crippen LogP contribution in [-0.2, 0) is 12.8 Å². The Kier molecular flexibility index (Phi) is 5.31. The van der Waals surface area contributed by atoms with Crippen molar-refractivity contribution in [2.75, 3.05) is 41.8 Å². The molecule has 0 amide bonds. The summed E-state index contributed by atoms with van der Waals surface area (Å²) in [5, 5.41) is 3.30. The number of benzene rings is 1. The first-order valence-corrected chi connectivity index (χ1v) is 12.2. The molecule has 1 saturated carbocycles. The van der Waals surface area contributed by atoms with Gasteiger partial charge in [-0.2, -0.15) is 0 Å². The molecule has 1 aliphatic carbocycles. The molecule has 176 valence electrons. The van der Waals surface area contributed by atoms with Gasteiger partial charge in [0, 0.05) is 56.1 Å². The van der Waals surface area contributed by atoms with E-state index < -0.39 is 0 Å². The minimum Gasteiger partial charge on any atom is -0.373 e. The highest BCUT2D eigenvalue weighted by Gasteiger charge is 2.43. The van der Waals surface area contributed by atoms with Crippen LogP contribution < -0.4 is 15.1 Å². The SMILES string of the molecule is CNc1nc(CC2C3CCC2CN(c2cc(C)ncn2)C3)nc2c1CCN2c1ccc(F)cc1. The van der Waals surface area contributed by atoms with E-state index in [9.17, 15) is 4.39 Å². The van der Waals surface area contributed by atoms with Crippen molar-refractivity contribution >= 4 is 23.1 Å². The van der Waals surface area contributed by atoms with Crippen LogP contribution in [0.15, 0.2) is 36.7 Å². The van der Waals surface area contributed by atoms with Crippen LogP contribution in [0.5, 0.6) is 0 Å². The molecule has 2 unspecified atom stereocenters. The zero-order chi connectivity index (χ0) is 23.2. The molecule has 8 heteroatoms. The Bertz CT molecular complexity index is 1180. The van der Waals surface area contributed by atoms with Crippen LogP contribution in [0, 0.1) is 30.5 Å². The lowest BCUT2D eigenvalue weighted by molar-refractivity contribution is 0.265. The Morgan fingerprint density at radius 2 is 1.82 bits per heavy atom. The Balaban J connectivity index is 1.25. The minimum atomic E-state index is -0.221. The van der Waals surface area contributed by atoms with E-state index in [-0.39, 0.29) is 5.82 Å². The average Bonchev–Trinajstić information content (AvgIpc) is 3.35. The van der Waals surface area contributed by atoms with Crippen LogP contribution in [-0.4, -0.2) is 46.6 Å². The molecule has 1 saturated heterocycles. The molecule has 6 rings (SSSR count). The lowest BCUT2D eigenvalue weighted by Crippen LogP contribution is -2.43. The van der Waals surface area contributed by atoms with Gasteiger partial charge in [0.25, 0.3) is 0 Å². The summed E-state index contributed by atoms with van der Waals surface area (Å²) in [6, 6.07) is 8.77. The normalized spacial score (nSPS) is 23.3. The second-order valence-corrected chi connectivity index (χ2v) is 9.81. The van der Waals surface area contributed by atoms with Crippen LogP contribution in [0.4, 0.5) is 27.5 Å². The fourth-order valence-corrected chi connectivity index (χ4v) is 6.15. The number of rotatable bonds is 5. The fraction of sp³-hybridized carbons (Fsp3) is 0.462. The first kappa shape index (κ1) is 21.3. The third-order valence-electron chi connectivity index (χ3n) is 7.81. The number of fused-ring (bicyclic) bond motifs is 3. The van der Waals surface area contributed by atoms with Crippen LogP contribution >= 0.6 is 0 Å². The minimum absolute atomic E-state index is 0.221. The predicted molar refractivity (Wildman–Crippen MR) is 131 cm³/mol. The zero-order valence-electron chi connectivity index (χ0n) is 19.7. The third-order valence-corrected chi connectivity index (χ3v) is 7.81. The van der Waals surface area contributed by atoms with Crippen molar-refractivity contribution in [2.45, 2.75) is 32.6 Å². The number of hydrogen-bond acceptors (Lipinski definition) is 7. The zero-order valence-corrected chi connectivity index (χ0v) is 19.7. The summed E-state index contributed by atoms with van der Waals surface area (Å²) >= 11 is 0. The number of piperidine rings is 1. The van der Waals surface area contributed by atoms with E-state index in [1.54, 1.807) is 6.33 Å². The van der Waals surface area contributed by atoms with Crippen LogP contribution in [0.3, 0.4) is 0 Å². The maximum absolute atomic E-state index is 13.5. The van der Waals surface area contributed by atoms with Crippen LogP contribution in [0.25, 0.3) is 0 Å². The lowest BCUT2D eigenvalue weighted by atomic mass is 9.82. The number of nitrogens with one attached hydrogen (secondary N) is 1. The Hall–Kier alpha value is -3.29. The molecule has 3 aromatic rings. The molecule has 4 heterocycles. The molecule has 2 aliphatic heterocycles. The molecule has 7 nitrogen and oxygen atoms in total. The summed E-state index contributed by atoms with van der Waals surface area (Å²) in [6.07, 6.45) is 5.95. The number of anilines is 4. The van der Waals surface area contributed by atoms with Crippen molar-refractivity contribution in [3.63, 3.8) is 0 Å². The third kappa shape index (κ3) is 3.75. The summed E-state index contributed by atoms with van der Waals surface area (Å²) in [6.45, 7) is 4.91. The smallest absolute Gasteiger partial charge is 0.142 e. The van der Waals surface area contributed by atoms with Crippen molar-refractivity contribution in [3.05, 3.63) is 59.6 Å². The molecule has 0 spiro atoms. The molecule has 34 heavy (non-hydrogen) atoms. The van der Waals surface area contributed by atoms with Gasteiger partial charge in [-0.15, -0.1) is 0 Å². The maximum atomic E-state index is 13.5. The monoisotopic (exact) mass is 459 g/mol. The Labute approximate surface area is 199 Å². The Morgan fingerprint density at radius 3 is 2.53 bits per heavy atom. The maximum Gasteiger partial charge on any atom is 0.142 e. The number of aromatic nitrogens is 4. The molecule has 1 aromatic carbocycles. The number of halogens is 1. The van der Waals surface area contributed by atoms with E-state index in [0.717, 1.165) is 72.7 Å². The van der Waals surface area contributed by atoms with E-state index in [2.05, 4.69) is 31.2 Å². The van der Waals surface area contributed by atoms with E-state index >= 15 is 0 Å². The first-order valence-electron chi connectivity index (χ1n) is 12.2.